The van der Waals surface area contributed by atoms with Crippen LogP contribution in [0.1, 0.15) is 11.1 Å². The maximum atomic E-state index is 9.36. The van der Waals surface area contributed by atoms with Gasteiger partial charge < -0.3 is 5.11 Å². The first-order valence-corrected chi connectivity index (χ1v) is 5.42. The predicted octanol–water partition coefficient (Wildman–Crippen LogP) is 2.71. The zero-order valence-electron chi connectivity index (χ0n) is 8.31. The summed E-state index contributed by atoms with van der Waals surface area (Å²) in [5, 5.41) is 13.4. The van der Waals surface area contributed by atoms with Crippen LogP contribution in [0.4, 0.5) is 0 Å². The predicted molar refractivity (Wildman–Crippen MR) is 61.9 cm³/mol. The Morgan fingerprint density at radius 3 is 2.73 bits per heavy atom. The van der Waals surface area contributed by atoms with Crippen LogP contribution in [0.2, 0.25) is 0 Å². The van der Waals surface area contributed by atoms with E-state index in [1.165, 1.54) is 17.3 Å². The number of aromatic nitrogens is 2. The van der Waals surface area contributed by atoms with Crippen LogP contribution in [0, 0.1) is 6.92 Å². The molecule has 0 spiro atoms. The van der Waals surface area contributed by atoms with Crippen molar-refractivity contribution in [1.29, 1.82) is 0 Å². The van der Waals surface area contributed by atoms with E-state index < -0.39 is 0 Å². The lowest BCUT2D eigenvalue weighted by Gasteiger charge is -2.06. The highest BCUT2D eigenvalue weighted by molar-refractivity contribution is 9.10. The standard InChI is InChI=1S/C11H11BrN2O/c1-8-4-2-3-5-9(8)7-14-11(12)10(15)6-13-14/h2-6,15H,7H2,1H3. The number of halogens is 1. The topological polar surface area (TPSA) is 38.0 Å². The Morgan fingerprint density at radius 2 is 2.13 bits per heavy atom. The van der Waals surface area contributed by atoms with Gasteiger partial charge in [-0.3, -0.25) is 4.68 Å². The summed E-state index contributed by atoms with van der Waals surface area (Å²) in [6, 6.07) is 8.13. The van der Waals surface area contributed by atoms with Gasteiger partial charge in [-0.25, -0.2) is 0 Å². The van der Waals surface area contributed by atoms with Crippen molar-refractivity contribution in [1.82, 2.24) is 9.78 Å². The first kappa shape index (κ1) is 10.2. The summed E-state index contributed by atoms with van der Waals surface area (Å²) in [5.74, 6) is 0.170. The smallest absolute Gasteiger partial charge is 0.168 e. The highest BCUT2D eigenvalue weighted by atomic mass is 79.9. The number of rotatable bonds is 2. The molecule has 2 aromatic rings. The molecule has 1 aromatic heterocycles. The van der Waals surface area contributed by atoms with Crippen LogP contribution in [0.25, 0.3) is 0 Å². The maximum Gasteiger partial charge on any atom is 0.168 e. The fraction of sp³-hybridized carbons (Fsp3) is 0.182. The van der Waals surface area contributed by atoms with Crippen LogP contribution < -0.4 is 0 Å². The highest BCUT2D eigenvalue weighted by Crippen LogP contribution is 2.23. The van der Waals surface area contributed by atoms with Crippen molar-refractivity contribution in [3.05, 3.63) is 46.2 Å². The summed E-state index contributed by atoms with van der Waals surface area (Å²) in [4.78, 5) is 0. The van der Waals surface area contributed by atoms with Gasteiger partial charge in [0.1, 0.15) is 4.60 Å². The molecule has 15 heavy (non-hydrogen) atoms. The molecule has 0 saturated carbocycles. The minimum atomic E-state index is 0.170. The summed E-state index contributed by atoms with van der Waals surface area (Å²) in [5.41, 5.74) is 2.42. The molecule has 2 rings (SSSR count). The van der Waals surface area contributed by atoms with E-state index in [4.69, 9.17) is 0 Å². The van der Waals surface area contributed by atoms with Crippen LogP contribution in [0.3, 0.4) is 0 Å². The van der Waals surface area contributed by atoms with Crippen molar-refractivity contribution >= 4 is 15.9 Å². The van der Waals surface area contributed by atoms with Gasteiger partial charge in [-0.1, -0.05) is 24.3 Å². The molecule has 3 nitrogen and oxygen atoms in total. The SMILES string of the molecule is Cc1ccccc1Cn1ncc(O)c1Br. The van der Waals surface area contributed by atoms with E-state index in [0.717, 1.165) is 0 Å². The molecule has 4 heteroatoms. The fourth-order valence-electron chi connectivity index (χ4n) is 1.42. The van der Waals surface area contributed by atoms with Gasteiger partial charge in [0.15, 0.2) is 5.75 Å². The Labute approximate surface area is 96.5 Å². The molecule has 0 fully saturated rings. The molecular formula is C11H11BrN2O. The normalized spacial score (nSPS) is 10.5. The molecule has 1 heterocycles. The first-order chi connectivity index (χ1) is 7.18. The van der Waals surface area contributed by atoms with E-state index in [0.29, 0.717) is 11.1 Å². The fourth-order valence-corrected chi connectivity index (χ4v) is 1.74. The largest absolute Gasteiger partial charge is 0.504 e. The van der Waals surface area contributed by atoms with Crippen LogP contribution in [-0.2, 0) is 6.54 Å². The lowest BCUT2D eigenvalue weighted by atomic mass is 10.1. The molecule has 0 bridgehead atoms. The van der Waals surface area contributed by atoms with Gasteiger partial charge >= 0.3 is 0 Å². The molecule has 0 aliphatic carbocycles. The van der Waals surface area contributed by atoms with Gasteiger partial charge in [0.2, 0.25) is 0 Å². The molecule has 0 atom stereocenters. The van der Waals surface area contributed by atoms with Crippen molar-refractivity contribution in [2.45, 2.75) is 13.5 Å². The van der Waals surface area contributed by atoms with E-state index in [9.17, 15) is 5.11 Å². The lowest BCUT2D eigenvalue weighted by molar-refractivity contribution is 0.469. The van der Waals surface area contributed by atoms with E-state index >= 15 is 0 Å². The average molecular weight is 267 g/mol. The van der Waals surface area contributed by atoms with Gasteiger partial charge in [-0.15, -0.1) is 0 Å². The maximum absolute atomic E-state index is 9.36. The lowest BCUT2D eigenvalue weighted by Crippen LogP contribution is -2.03. The molecule has 0 radical (unpaired) electrons. The third-order valence-electron chi connectivity index (χ3n) is 2.34. The zero-order valence-corrected chi connectivity index (χ0v) is 9.90. The van der Waals surface area contributed by atoms with Crippen LogP contribution >= 0.6 is 15.9 Å². The summed E-state index contributed by atoms with van der Waals surface area (Å²) >= 11 is 3.28. The Morgan fingerprint density at radius 1 is 1.40 bits per heavy atom. The molecule has 0 amide bonds. The molecule has 0 unspecified atom stereocenters. The molecule has 1 N–H and O–H groups in total. The summed E-state index contributed by atoms with van der Waals surface area (Å²) in [7, 11) is 0. The Kier molecular flexibility index (Phi) is 2.77. The summed E-state index contributed by atoms with van der Waals surface area (Å²) in [6.07, 6.45) is 1.43. The zero-order chi connectivity index (χ0) is 10.8. The second-order valence-corrected chi connectivity index (χ2v) is 4.16. The minimum absolute atomic E-state index is 0.170. The number of hydrogen-bond acceptors (Lipinski definition) is 2. The minimum Gasteiger partial charge on any atom is -0.504 e. The van der Waals surface area contributed by atoms with Crippen molar-refractivity contribution in [2.75, 3.05) is 0 Å². The molecule has 1 aromatic carbocycles. The molecule has 78 valence electrons. The number of hydrogen-bond donors (Lipinski definition) is 1. The number of nitrogens with zero attached hydrogens (tertiary/aromatic N) is 2. The van der Waals surface area contributed by atoms with Gasteiger partial charge in [-0.2, -0.15) is 5.10 Å². The van der Waals surface area contributed by atoms with E-state index in [2.05, 4.69) is 40.1 Å². The second kappa shape index (κ2) is 4.06. The second-order valence-electron chi connectivity index (χ2n) is 3.40. The summed E-state index contributed by atoms with van der Waals surface area (Å²) < 4.78 is 2.34. The Hall–Kier alpha value is -1.29. The highest BCUT2D eigenvalue weighted by Gasteiger charge is 2.07. The van der Waals surface area contributed by atoms with Crippen LogP contribution in [0.5, 0.6) is 5.75 Å². The van der Waals surface area contributed by atoms with Crippen molar-refractivity contribution in [3.63, 3.8) is 0 Å². The third kappa shape index (κ3) is 2.04. The Balaban J connectivity index is 2.30. The monoisotopic (exact) mass is 266 g/mol. The number of benzene rings is 1. The summed E-state index contributed by atoms with van der Waals surface area (Å²) in [6.45, 7) is 2.72. The van der Waals surface area contributed by atoms with Crippen LogP contribution in [0.15, 0.2) is 35.1 Å². The van der Waals surface area contributed by atoms with Crippen molar-refractivity contribution in [3.8, 4) is 5.75 Å². The van der Waals surface area contributed by atoms with E-state index in [1.807, 2.05) is 12.1 Å². The Bertz CT molecular complexity index is 479. The molecular weight excluding hydrogens is 256 g/mol. The van der Waals surface area contributed by atoms with Gasteiger partial charge in [0, 0.05) is 0 Å². The van der Waals surface area contributed by atoms with Gasteiger partial charge in [-0.05, 0) is 34.0 Å². The number of aromatic hydroxyl groups is 1. The van der Waals surface area contributed by atoms with Crippen molar-refractivity contribution in [2.24, 2.45) is 0 Å². The molecule has 0 aliphatic rings. The number of aryl methyl sites for hydroxylation is 1. The van der Waals surface area contributed by atoms with Crippen LogP contribution in [-0.4, -0.2) is 14.9 Å². The van der Waals surface area contributed by atoms with Crippen molar-refractivity contribution < 1.29 is 5.11 Å². The first-order valence-electron chi connectivity index (χ1n) is 4.63. The van der Waals surface area contributed by atoms with Gasteiger partial charge in [0.25, 0.3) is 0 Å². The third-order valence-corrected chi connectivity index (χ3v) is 3.15. The van der Waals surface area contributed by atoms with Gasteiger partial charge in [0.05, 0.1) is 12.7 Å². The van der Waals surface area contributed by atoms with E-state index in [-0.39, 0.29) is 5.75 Å². The quantitative estimate of drug-likeness (QED) is 0.908. The van der Waals surface area contributed by atoms with E-state index in [1.54, 1.807) is 4.68 Å². The molecule has 0 aliphatic heterocycles. The average Bonchev–Trinajstić information content (AvgIpc) is 2.53. The molecule has 0 saturated heterocycles.